The van der Waals surface area contributed by atoms with Gasteiger partial charge in [0.2, 0.25) is 0 Å². The van der Waals surface area contributed by atoms with E-state index in [-0.39, 0.29) is 0 Å². The lowest BCUT2D eigenvalue weighted by Gasteiger charge is -1.99. The van der Waals surface area contributed by atoms with Gasteiger partial charge in [0.15, 0.2) is 5.82 Å². The van der Waals surface area contributed by atoms with E-state index in [1.807, 2.05) is 6.07 Å². The molecule has 1 N–H and O–H groups in total. The van der Waals surface area contributed by atoms with Gasteiger partial charge in [-0.25, -0.2) is 0 Å². The molecule has 0 bridgehead atoms. The van der Waals surface area contributed by atoms with Crippen molar-refractivity contribution in [3.63, 3.8) is 0 Å². The average molecular weight is 262 g/mol. The molecule has 7 nitrogen and oxygen atoms in total. The minimum atomic E-state index is 0.369. The number of ether oxygens (including phenoxy) is 2. The van der Waals surface area contributed by atoms with Gasteiger partial charge in [0, 0.05) is 13.5 Å². The zero-order chi connectivity index (χ0) is 13.5. The topological polar surface area (TPSA) is 97.0 Å². The Hall–Kier alpha value is -2.17. The van der Waals surface area contributed by atoms with Crippen LogP contribution in [0.25, 0.3) is 11.6 Å². The predicted octanol–water partition coefficient (Wildman–Crippen LogP) is 1.14. The van der Waals surface area contributed by atoms with E-state index in [4.69, 9.17) is 19.3 Å². The summed E-state index contributed by atoms with van der Waals surface area (Å²) in [6.07, 6.45) is 0.568. The van der Waals surface area contributed by atoms with Crippen LogP contribution in [-0.4, -0.2) is 42.1 Å². The Labute approximate surface area is 110 Å². The summed E-state index contributed by atoms with van der Waals surface area (Å²) < 4.78 is 15.3. The molecule has 0 saturated carbocycles. The first-order valence-electron chi connectivity index (χ1n) is 5.82. The molecule has 2 aromatic heterocycles. The van der Waals surface area contributed by atoms with E-state index in [1.165, 1.54) is 0 Å². The largest absolute Gasteiger partial charge is 0.382 e. The van der Waals surface area contributed by atoms with E-state index in [9.17, 15) is 0 Å². The molecular weight excluding hydrogens is 248 g/mol. The van der Waals surface area contributed by atoms with E-state index >= 15 is 0 Å². The Bertz CT molecular complexity index is 555. The third kappa shape index (κ3) is 3.64. The van der Waals surface area contributed by atoms with Crippen LogP contribution in [-0.2, 0) is 15.9 Å². The quantitative estimate of drug-likeness (QED) is 0.751. The molecule has 2 heterocycles. The Morgan fingerprint density at radius 3 is 3.00 bits per heavy atom. The molecule has 19 heavy (non-hydrogen) atoms. The van der Waals surface area contributed by atoms with Crippen molar-refractivity contribution in [2.45, 2.75) is 6.42 Å². The van der Waals surface area contributed by atoms with Crippen LogP contribution in [0.3, 0.4) is 0 Å². The standard InChI is InChI=1S/C12H14N4O3/c1-17-6-7-18-5-4-11-15-12(19-16-11)10-3-2-9(8-13)14-10/h2-3,14H,4-7H2,1H3. The van der Waals surface area contributed by atoms with Gasteiger partial charge in [-0.15, -0.1) is 0 Å². The number of nitriles is 1. The van der Waals surface area contributed by atoms with Gasteiger partial charge in [0.05, 0.1) is 19.8 Å². The molecule has 0 spiro atoms. The van der Waals surface area contributed by atoms with Crippen molar-refractivity contribution in [2.24, 2.45) is 0 Å². The van der Waals surface area contributed by atoms with Crippen LogP contribution in [0.2, 0.25) is 0 Å². The minimum Gasteiger partial charge on any atom is -0.382 e. The van der Waals surface area contributed by atoms with Crippen molar-refractivity contribution >= 4 is 0 Å². The number of rotatable bonds is 7. The molecular formula is C12H14N4O3. The van der Waals surface area contributed by atoms with E-state index in [0.29, 0.717) is 49.3 Å². The monoisotopic (exact) mass is 262 g/mol. The van der Waals surface area contributed by atoms with Gasteiger partial charge < -0.3 is 19.0 Å². The fourth-order valence-corrected chi connectivity index (χ4v) is 1.46. The molecule has 0 aliphatic heterocycles. The Balaban J connectivity index is 1.87. The van der Waals surface area contributed by atoms with Gasteiger partial charge in [-0.05, 0) is 12.1 Å². The molecule has 0 aliphatic carbocycles. The maximum absolute atomic E-state index is 8.72. The Morgan fingerprint density at radius 1 is 1.37 bits per heavy atom. The number of hydrogen-bond acceptors (Lipinski definition) is 6. The molecule has 0 fully saturated rings. The van der Waals surface area contributed by atoms with Gasteiger partial charge >= 0.3 is 0 Å². The highest BCUT2D eigenvalue weighted by Crippen LogP contribution is 2.16. The van der Waals surface area contributed by atoms with Gasteiger partial charge in [-0.1, -0.05) is 5.16 Å². The van der Waals surface area contributed by atoms with Crippen molar-refractivity contribution in [1.29, 1.82) is 5.26 Å². The van der Waals surface area contributed by atoms with Crippen LogP contribution in [0, 0.1) is 11.3 Å². The molecule has 0 saturated heterocycles. The van der Waals surface area contributed by atoms with E-state index in [2.05, 4.69) is 15.1 Å². The highest BCUT2D eigenvalue weighted by atomic mass is 16.5. The predicted molar refractivity (Wildman–Crippen MR) is 65.2 cm³/mol. The maximum atomic E-state index is 8.72. The lowest BCUT2D eigenvalue weighted by molar-refractivity contribution is 0.0714. The van der Waals surface area contributed by atoms with Crippen molar-refractivity contribution in [1.82, 2.24) is 15.1 Å². The number of aromatic amines is 1. The highest BCUT2D eigenvalue weighted by Gasteiger charge is 2.10. The summed E-state index contributed by atoms with van der Waals surface area (Å²) in [5.74, 6) is 0.939. The summed E-state index contributed by atoms with van der Waals surface area (Å²) in [7, 11) is 1.63. The van der Waals surface area contributed by atoms with Crippen LogP contribution in [0.15, 0.2) is 16.7 Å². The van der Waals surface area contributed by atoms with Crippen molar-refractivity contribution in [2.75, 3.05) is 26.9 Å². The number of aromatic nitrogens is 3. The molecule has 0 aromatic carbocycles. The molecule has 0 radical (unpaired) electrons. The maximum Gasteiger partial charge on any atom is 0.274 e. The first-order valence-corrected chi connectivity index (χ1v) is 5.82. The van der Waals surface area contributed by atoms with Crippen LogP contribution >= 0.6 is 0 Å². The molecule has 0 amide bonds. The van der Waals surface area contributed by atoms with Gasteiger partial charge in [0.25, 0.3) is 5.89 Å². The van der Waals surface area contributed by atoms with Gasteiger partial charge in [-0.3, -0.25) is 0 Å². The van der Waals surface area contributed by atoms with Crippen LogP contribution in [0.1, 0.15) is 11.5 Å². The van der Waals surface area contributed by atoms with Crippen molar-refractivity contribution in [3.05, 3.63) is 23.7 Å². The summed E-state index contributed by atoms with van der Waals surface area (Å²) in [5.41, 5.74) is 1.09. The number of nitrogens with zero attached hydrogens (tertiary/aromatic N) is 3. The van der Waals surface area contributed by atoms with Crippen molar-refractivity contribution < 1.29 is 14.0 Å². The Kier molecular flexibility index (Phi) is 4.66. The molecule has 2 aromatic rings. The molecule has 100 valence electrons. The normalized spacial score (nSPS) is 10.5. The van der Waals surface area contributed by atoms with E-state index < -0.39 is 0 Å². The lowest BCUT2D eigenvalue weighted by atomic mass is 10.4. The lowest BCUT2D eigenvalue weighted by Crippen LogP contribution is -2.05. The molecule has 0 unspecified atom stereocenters. The van der Waals surface area contributed by atoms with Gasteiger partial charge in [0.1, 0.15) is 17.5 Å². The number of H-pyrrole nitrogens is 1. The fraction of sp³-hybridized carbons (Fsp3) is 0.417. The molecule has 0 atom stereocenters. The third-order valence-corrected chi connectivity index (χ3v) is 2.41. The first kappa shape index (κ1) is 13.3. The summed E-state index contributed by atoms with van der Waals surface area (Å²) in [6.45, 7) is 1.62. The summed E-state index contributed by atoms with van der Waals surface area (Å²) in [6, 6.07) is 5.39. The minimum absolute atomic E-state index is 0.369. The zero-order valence-corrected chi connectivity index (χ0v) is 10.5. The smallest absolute Gasteiger partial charge is 0.274 e. The first-order chi connectivity index (χ1) is 9.33. The summed E-state index contributed by atoms with van der Waals surface area (Å²) in [4.78, 5) is 7.09. The number of methoxy groups -OCH3 is 1. The third-order valence-electron chi connectivity index (χ3n) is 2.41. The molecule has 7 heteroatoms. The number of nitrogens with one attached hydrogen (secondary N) is 1. The summed E-state index contributed by atoms with van der Waals surface area (Å²) in [5, 5.41) is 12.6. The van der Waals surface area contributed by atoms with Crippen molar-refractivity contribution in [3.8, 4) is 17.7 Å². The van der Waals surface area contributed by atoms with Crippen LogP contribution in [0.5, 0.6) is 0 Å². The number of hydrogen-bond donors (Lipinski definition) is 1. The van der Waals surface area contributed by atoms with Gasteiger partial charge in [-0.2, -0.15) is 10.2 Å². The second kappa shape index (κ2) is 6.68. The van der Waals surface area contributed by atoms with Crippen LogP contribution < -0.4 is 0 Å². The summed E-state index contributed by atoms with van der Waals surface area (Å²) >= 11 is 0. The second-order valence-corrected chi connectivity index (χ2v) is 3.77. The Morgan fingerprint density at radius 2 is 2.26 bits per heavy atom. The molecule has 0 aliphatic rings. The average Bonchev–Trinajstić information content (AvgIpc) is 3.07. The zero-order valence-electron chi connectivity index (χ0n) is 10.5. The van der Waals surface area contributed by atoms with E-state index in [0.717, 1.165) is 0 Å². The SMILES string of the molecule is COCCOCCc1noc(-c2ccc(C#N)[nH]2)n1. The van der Waals surface area contributed by atoms with Crippen LogP contribution in [0.4, 0.5) is 0 Å². The molecule has 2 rings (SSSR count). The second-order valence-electron chi connectivity index (χ2n) is 3.77. The fourth-order valence-electron chi connectivity index (χ4n) is 1.46. The van der Waals surface area contributed by atoms with E-state index in [1.54, 1.807) is 19.2 Å². The highest BCUT2D eigenvalue weighted by molar-refractivity contribution is 5.49.